The lowest BCUT2D eigenvalue weighted by Gasteiger charge is -2.32. The summed E-state index contributed by atoms with van der Waals surface area (Å²) in [4.78, 5) is 2.66. The Bertz CT molecular complexity index is 160. The molecule has 1 N–H and O–H groups in total. The van der Waals surface area contributed by atoms with Crippen LogP contribution in [0.1, 0.15) is 45.4 Å². The highest BCUT2D eigenvalue weighted by Crippen LogP contribution is 2.19. The van der Waals surface area contributed by atoms with E-state index in [4.69, 9.17) is 0 Å². The van der Waals surface area contributed by atoms with Gasteiger partial charge in [-0.1, -0.05) is 6.42 Å². The molecular weight excluding hydrogens is 172 g/mol. The summed E-state index contributed by atoms with van der Waals surface area (Å²) in [6.45, 7) is 6.29. The summed E-state index contributed by atoms with van der Waals surface area (Å²) in [6.07, 6.45) is 8.44. The minimum absolute atomic E-state index is 0.793. The summed E-state index contributed by atoms with van der Waals surface area (Å²) < 4.78 is 0. The fraction of sp³-hybridized carbons (Fsp3) is 1.00. The van der Waals surface area contributed by atoms with Crippen molar-refractivity contribution >= 4 is 0 Å². The van der Waals surface area contributed by atoms with Gasteiger partial charge in [0.05, 0.1) is 0 Å². The van der Waals surface area contributed by atoms with Crippen molar-refractivity contribution in [3.05, 3.63) is 0 Å². The SMILES string of the molecule is CC(CCNC1CC1)N1CCCCC1. The van der Waals surface area contributed by atoms with Crippen molar-refractivity contribution in [3.8, 4) is 0 Å². The van der Waals surface area contributed by atoms with Gasteiger partial charge >= 0.3 is 0 Å². The molecule has 0 aromatic rings. The highest BCUT2D eigenvalue weighted by molar-refractivity contribution is 4.81. The molecule has 2 fully saturated rings. The first kappa shape index (κ1) is 10.4. The van der Waals surface area contributed by atoms with E-state index in [9.17, 15) is 0 Å². The summed E-state index contributed by atoms with van der Waals surface area (Å²) in [6, 6.07) is 1.67. The number of nitrogens with zero attached hydrogens (tertiary/aromatic N) is 1. The van der Waals surface area contributed by atoms with Crippen LogP contribution in [0.2, 0.25) is 0 Å². The minimum atomic E-state index is 0.793. The largest absolute Gasteiger partial charge is 0.314 e. The Morgan fingerprint density at radius 3 is 2.57 bits per heavy atom. The van der Waals surface area contributed by atoms with Crippen molar-refractivity contribution in [3.63, 3.8) is 0 Å². The molecule has 0 aromatic heterocycles. The molecule has 1 saturated carbocycles. The Kier molecular flexibility index (Phi) is 3.82. The second kappa shape index (κ2) is 5.13. The van der Waals surface area contributed by atoms with Gasteiger partial charge in [-0.2, -0.15) is 0 Å². The normalized spacial score (nSPS) is 26.4. The number of rotatable bonds is 5. The van der Waals surface area contributed by atoms with Gasteiger partial charge in [-0.3, -0.25) is 0 Å². The molecule has 1 atom stereocenters. The quantitative estimate of drug-likeness (QED) is 0.723. The standard InChI is InChI=1S/C12H24N2/c1-11(7-8-13-12-5-6-12)14-9-3-2-4-10-14/h11-13H,2-10H2,1H3. The second-order valence-corrected chi connectivity index (χ2v) is 4.96. The Balaban J connectivity index is 1.57. The van der Waals surface area contributed by atoms with Crippen LogP contribution in [0.25, 0.3) is 0 Å². The number of piperidine rings is 1. The predicted octanol–water partition coefficient (Wildman–Crippen LogP) is 2.00. The van der Waals surface area contributed by atoms with E-state index in [2.05, 4.69) is 17.1 Å². The van der Waals surface area contributed by atoms with Gasteiger partial charge in [-0.25, -0.2) is 0 Å². The fourth-order valence-corrected chi connectivity index (χ4v) is 2.33. The van der Waals surface area contributed by atoms with Crippen LogP contribution in [0, 0.1) is 0 Å². The third kappa shape index (κ3) is 3.25. The second-order valence-electron chi connectivity index (χ2n) is 4.96. The first-order valence-electron chi connectivity index (χ1n) is 6.33. The zero-order chi connectivity index (χ0) is 9.80. The molecule has 0 amide bonds. The van der Waals surface area contributed by atoms with Crippen LogP contribution in [0.15, 0.2) is 0 Å². The molecule has 0 radical (unpaired) electrons. The van der Waals surface area contributed by atoms with Gasteiger partial charge in [-0.15, -0.1) is 0 Å². The minimum Gasteiger partial charge on any atom is -0.314 e. The van der Waals surface area contributed by atoms with Crippen LogP contribution in [0.3, 0.4) is 0 Å². The molecule has 1 saturated heterocycles. The van der Waals surface area contributed by atoms with E-state index in [0.717, 1.165) is 12.1 Å². The molecule has 0 spiro atoms. The maximum Gasteiger partial charge on any atom is 0.00790 e. The van der Waals surface area contributed by atoms with Crippen molar-refractivity contribution < 1.29 is 0 Å². The highest BCUT2D eigenvalue weighted by Gasteiger charge is 2.21. The maximum absolute atomic E-state index is 3.60. The van der Waals surface area contributed by atoms with Crippen LogP contribution in [-0.2, 0) is 0 Å². The summed E-state index contributed by atoms with van der Waals surface area (Å²) in [5, 5.41) is 3.60. The number of hydrogen-bond acceptors (Lipinski definition) is 2. The van der Waals surface area contributed by atoms with Gasteiger partial charge in [0.1, 0.15) is 0 Å². The molecule has 2 heteroatoms. The fourth-order valence-electron chi connectivity index (χ4n) is 2.33. The molecule has 1 aliphatic carbocycles. The monoisotopic (exact) mass is 196 g/mol. The van der Waals surface area contributed by atoms with Crippen LogP contribution in [0.4, 0.5) is 0 Å². The van der Waals surface area contributed by atoms with E-state index < -0.39 is 0 Å². The van der Waals surface area contributed by atoms with E-state index >= 15 is 0 Å². The molecule has 1 heterocycles. The Labute approximate surface area is 88.1 Å². The molecule has 0 bridgehead atoms. The summed E-state index contributed by atoms with van der Waals surface area (Å²) in [7, 11) is 0. The average Bonchev–Trinajstić information content (AvgIpc) is 3.03. The zero-order valence-electron chi connectivity index (χ0n) is 9.47. The van der Waals surface area contributed by atoms with Crippen LogP contribution < -0.4 is 5.32 Å². The summed E-state index contributed by atoms with van der Waals surface area (Å²) >= 11 is 0. The average molecular weight is 196 g/mol. The van der Waals surface area contributed by atoms with Gasteiger partial charge < -0.3 is 10.2 Å². The van der Waals surface area contributed by atoms with Gasteiger partial charge in [0.15, 0.2) is 0 Å². The predicted molar refractivity (Wildman–Crippen MR) is 60.5 cm³/mol. The highest BCUT2D eigenvalue weighted by atomic mass is 15.2. The molecule has 1 unspecified atom stereocenters. The summed E-state index contributed by atoms with van der Waals surface area (Å²) in [5.74, 6) is 0. The lowest BCUT2D eigenvalue weighted by molar-refractivity contribution is 0.166. The van der Waals surface area contributed by atoms with E-state index in [1.54, 1.807) is 0 Å². The van der Waals surface area contributed by atoms with E-state index in [-0.39, 0.29) is 0 Å². The van der Waals surface area contributed by atoms with Crippen LogP contribution >= 0.6 is 0 Å². The Hall–Kier alpha value is -0.0800. The van der Waals surface area contributed by atoms with E-state index in [1.165, 1.54) is 58.2 Å². The van der Waals surface area contributed by atoms with Crippen molar-refractivity contribution in [1.82, 2.24) is 10.2 Å². The van der Waals surface area contributed by atoms with Crippen molar-refractivity contribution in [2.75, 3.05) is 19.6 Å². The lowest BCUT2D eigenvalue weighted by Crippen LogP contribution is -2.39. The molecule has 2 nitrogen and oxygen atoms in total. The summed E-state index contributed by atoms with van der Waals surface area (Å²) in [5.41, 5.74) is 0. The topological polar surface area (TPSA) is 15.3 Å². The first-order chi connectivity index (χ1) is 6.86. The van der Waals surface area contributed by atoms with Crippen LogP contribution in [0.5, 0.6) is 0 Å². The molecular formula is C12H24N2. The van der Waals surface area contributed by atoms with Gasteiger partial charge in [0.2, 0.25) is 0 Å². The molecule has 82 valence electrons. The van der Waals surface area contributed by atoms with Gasteiger partial charge in [0.25, 0.3) is 0 Å². The zero-order valence-corrected chi connectivity index (χ0v) is 9.47. The number of hydrogen-bond donors (Lipinski definition) is 1. The number of nitrogens with one attached hydrogen (secondary N) is 1. The smallest absolute Gasteiger partial charge is 0.00790 e. The van der Waals surface area contributed by atoms with Crippen molar-refractivity contribution in [1.29, 1.82) is 0 Å². The van der Waals surface area contributed by atoms with E-state index in [0.29, 0.717) is 0 Å². The molecule has 2 aliphatic rings. The third-order valence-electron chi connectivity index (χ3n) is 3.59. The number of likely N-dealkylation sites (tertiary alicyclic amines) is 1. The van der Waals surface area contributed by atoms with E-state index in [1.807, 2.05) is 0 Å². The van der Waals surface area contributed by atoms with Crippen molar-refractivity contribution in [2.45, 2.75) is 57.5 Å². The first-order valence-corrected chi connectivity index (χ1v) is 6.33. The van der Waals surface area contributed by atoms with Crippen molar-refractivity contribution in [2.24, 2.45) is 0 Å². The maximum atomic E-state index is 3.60. The Morgan fingerprint density at radius 1 is 1.21 bits per heavy atom. The molecule has 1 aliphatic heterocycles. The van der Waals surface area contributed by atoms with Crippen LogP contribution in [-0.4, -0.2) is 36.6 Å². The Morgan fingerprint density at radius 2 is 1.93 bits per heavy atom. The lowest BCUT2D eigenvalue weighted by atomic mass is 10.1. The third-order valence-corrected chi connectivity index (χ3v) is 3.59. The molecule has 0 aromatic carbocycles. The van der Waals surface area contributed by atoms with Gasteiger partial charge in [-0.05, 0) is 58.7 Å². The molecule has 2 rings (SSSR count). The van der Waals surface area contributed by atoms with Gasteiger partial charge in [0, 0.05) is 12.1 Å². The molecule has 14 heavy (non-hydrogen) atoms.